The Labute approximate surface area is 161 Å². The van der Waals surface area contributed by atoms with Crippen molar-refractivity contribution in [3.8, 4) is 0 Å². The van der Waals surface area contributed by atoms with Gasteiger partial charge in [0.1, 0.15) is 0 Å². The van der Waals surface area contributed by atoms with E-state index < -0.39 is 0 Å². The zero-order valence-corrected chi connectivity index (χ0v) is 16.5. The molecule has 0 saturated carbocycles. The molecule has 1 atom stereocenters. The Morgan fingerprint density at radius 3 is 3.00 bits per heavy atom. The number of rotatable bonds is 3. The Balaban J connectivity index is 1.49. The van der Waals surface area contributed by atoms with E-state index in [1.807, 2.05) is 35.6 Å². The third kappa shape index (κ3) is 3.53. The van der Waals surface area contributed by atoms with Gasteiger partial charge in [-0.3, -0.25) is 4.79 Å². The van der Waals surface area contributed by atoms with Crippen LogP contribution < -0.4 is 5.32 Å². The predicted octanol–water partition coefficient (Wildman–Crippen LogP) is 5.43. The maximum atomic E-state index is 12.5. The average molecular weight is 390 g/mol. The predicted molar refractivity (Wildman–Crippen MR) is 108 cm³/mol. The van der Waals surface area contributed by atoms with Gasteiger partial charge in [-0.1, -0.05) is 36.7 Å². The maximum absolute atomic E-state index is 12.5. The molecule has 25 heavy (non-hydrogen) atoms. The van der Waals surface area contributed by atoms with Gasteiger partial charge in [-0.05, 0) is 54.0 Å². The highest BCUT2D eigenvalue weighted by Crippen LogP contribution is 2.43. The second kappa shape index (κ2) is 7.18. The number of thioether (sulfide) groups is 1. The van der Waals surface area contributed by atoms with Gasteiger partial charge >= 0.3 is 0 Å². The zero-order valence-electron chi connectivity index (χ0n) is 14.1. The van der Waals surface area contributed by atoms with Crippen LogP contribution in [-0.2, 0) is 29.9 Å². The monoisotopic (exact) mass is 389 g/mol. The van der Waals surface area contributed by atoms with Gasteiger partial charge in [0.2, 0.25) is 0 Å². The molecule has 1 N–H and O–H groups in total. The lowest BCUT2D eigenvalue weighted by Gasteiger charge is -2.20. The summed E-state index contributed by atoms with van der Waals surface area (Å²) in [6.07, 6.45) is 5.76. The van der Waals surface area contributed by atoms with Crippen LogP contribution in [0.25, 0.3) is 6.08 Å². The smallest absolute Gasteiger partial charge is 0.258 e. The fourth-order valence-corrected chi connectivity index (χ4v) is 6.34. The van der Waals surface area contributed by atoms with Crippen molar-refractivity contribution in [2.45, 2.75) is 38.5 Å². The van der Waals surface area contributed by atoms with Crippen molar-refractivity contribution < 1.29 is 4.79 Å². The van der Waals surface area contributed by atoms with Crippen molar-refractivity contribution in [1.29, 1.82) is 0 Å². The molecule has 0 radical (unpaired) electrons. The Hall–Kier alpha value is -1.23. The molecule has 0 unspecified atom stereocenters. The van der Waals surface area contributed by atoms with Crippen molar-refractivity contribution in [3.05, 3.63) is 60.6 Å². The molecule has 0 saturated heterocycles. The van der Waals surface area contributed by atoms with Crippen molar-refractivity contribution in [2.24, 2.45) is 5.92 Å². The molecule has 1 aromatic heterocycles. The van der Waals surface area contributed by atoms with Gasteiger partial charge in [0.15, 0.2) is 0 Å². The molecular weight excluding hydrogens is 370 g/mol. The molecule has 2 nitrogen and oxygen atoms in total. The minimum absolute atomic E-state index is 0.00434. The van der Waals surface area contributed by atoms with Gasteiger partial charge < -0.3 is 5.32 Å². The fourth-order valence-electron chi connectivity index (χ4n) is 3.46. The zero-order chi connectivity index (χ0) is 17.4. The molecule has 5 heteroatoms. The van der Waals surface area contributed by atoms with E-state index in [-0.39, 0.29) is 5.91 Å². The van der Waals surface area contributed by atoms with Crippen LogP contribution in [-0.4, -0.2) is 5.91 Å². The molecule has 1 aliphatic carbocycles. The van der Waals surface area contributed by atoms with Gasteiger partial charge in [-0.2, -0.15) is 0 Å². The van der Waals surface area contributed by atoms with Crippen molar-refractivity contribution >= 4 is 46.7 Å². The van der Waals surface area contributed by atoms with E-state index in [9.17, 15) is 4.79 Å². The molecule has 2 aromatic rings. The molecule has 2 heterocycles. The number of hydrogen-bond donors (Lipinski definition) is 1. The second-order valence-electron chi connectivity index (χ2n) is 6.77. The van der Waals surface area contributed by atoms with Gasteiger partial charge in [-0.15, -0.1) is 23.1 Å². The van der Waals surface area contributed by atoms with Crippen molar-refractivity contribution in [2.75, 3.05) is 0 Å². The van der Waals surface area contributed by atoms with Crippen LogP contribution in [0, 0.1) is 5.92 Å². The first-order valence-electron chi connectivity index (χ1n) is 8.61. The van der Waals surface area contributed by atoms with Crippen molar-refractivity contribution in [3.63, 3.8) is 0 Å². The highest BCUT2D eigenvalue weighted by atomic mass is 35.5. The lowest BCUT2D eigenvalue weighted by atomic mass is 9.88. The van der Waals surface area contributed by atoms with E-state index in [0.29, 0.717) is 11.6 Å². The third-order valence-corrected chi connectivity index (χ3v) is 7.57. The Morgan fingerprint density at radius 1 is 1.32 bits per heavy atom. The summed E-state index contributed by atoms with van der Waals surface area (Å²) in [5.74, 6) is 1.69. The summed E-state index contributed by atoms with van der Waals surface area (Å²) in [4.78, 5) is 16.2. The number of carbonyl (C=O) groups excluding carboxylic acids is 1. The SMILES string of the molecule is C[C@H]1CCc2c(sc3c2CSC(C(=O)NCc2ccccc2Cl)=C3)C1. The van der Waals surface area contributed by atoms with Crippen LogP contribution in [0.1, 0.15) is 39.8 Å². The maximum Gasteiger partial charge on any atom is 0.258 e. The van der Waals surface area contributed by atoms with E-state index >= 15 is 0 Å². The van der Waals surface area contributed by atoms with Crippen LogP contribution in [0.5, 0.6) is 0 Å². The Morgan fingerprint density at radius 2 is 2.16 bits per heavy atom. The van der Waals surface area contributed by atoms with Gasteiger partial charge in [-0.25, -0.2) is 0 Å². The minimum Gasteiger partial charge on any atom is -0.347 e. The molecule has 4 rings (SSSR count). The normalized spacial score (nSPS) is 19.0. The molecule has 1 aromatic carbocycles. The number of hydrogen-bond acceptors (Lipinski definition) is 3. The highest BCUT2D eigenvalue weighted by molar-refractivity contribution is 8.03. The number of thiophene rings is 1. The molecule has 1 aliphatic heterocycles. The van der Waals surface area contributed by atoms with Gasteiger partial charge in [0.05, 0.1) is 4.91 Å². The van der Waals surface area contributed by atoms with E-state index in [2.05, 4.69) is 18.3 Å². The number of amides is 1. The number of nitrogens with one attached hydrogen (secondary N) is 1. The molecule has 1 amide bonds. The summed E-state index contributed by atoms with van der Waals surface area (Å²) >= 11 is 9.70. The van der Waals surface area contributed by atoms with Crippen LogP contribution in [0.2, 0.25) is 5.02 Å². The number of benzene rings is 1. The van der Waals surface area contributed by atoms with Crippen LogP contribution >= 0.6 is 34.7 Å². The van der Waals surface area contributed by atoms with E-state index in [0.717, 1.165) is 22.1 Å². The fraction of sp³-hybridized carbons (Fsp3) is 0.350. The van der Waals surface area contributed by atoms with Crippen LogP contribution in [0.4, 0.5) is 0 Å². The molecule has 0 fully saturated rings. The largest absolute Gasteiger partial charge is 0.347 e. The second-order valence-corrected chi connectivity index (χ2v) is 9.33. The number of halogens is 1. The number of carbonyl (C=O) groups is 1. The lowest BCUT2D eigenvalue weighted by Crippen LogP contribution is -2.24. The first kappa shape index (κ1) is 17.2. The topological polar surface area (TPSA) is 29.1 Å². The van der Waals surface area contributed by atoms with Crippen LogP contribution in [0.15, 0.2) is 29.2 Å². The summed E-state index contributed by atoms with van der Waals surface area (Å²) in [7, 11) is 0. The average Bonchev–Trinajstić information content (AvgIpc) is 2.97. The summed E-state index contributed by atoms with van der Waals surface area (Å²) < 4.78 is 0. The summed E-state index contributed by atoms with van der Waals surface area (Å²) in [6.45, 7) is 2.79. The first-order chi connectivity index (χ1) is 12.1. The molecule has 130 valence electrons. The first-order valence-corrected chi connectivity index (χ1v) is 10.8. The summed E-state index contributed by atoms with van der Waals surface area (Å²) in [6, 6.07) is 7.62. The van der Waals surface area contributed by atoms with E-state index in [1.54, 1.807) is 22.2 Å². The quantitative estimate of drug-likeness (QED) is 0.758. The summed E-state index contributed by atoms with van der Waals surface area (Å²) in [5.41, 5.74) is 3.98. The van der Waals surface area contributed by atoms with Crippen LogP contribution in [0.3, 0.4) is 0 Å². The third-order valence-electron chi connectivity index (χ3n) is 4.91. The molecule has 0 spiro atoms. The minimum atomic E-state index is -0.00434. The lowest BCUT2D eigenvalue weighted by molar-refractivity contribution is -0.116. The number of fused-ring (bicyclic) bond motifs is 3. The highest BCUT2D eigenvalue weighted by Gasteiger charge is 2.26. The molecular formula is C20H20ClNOS2. The van der Waals surface area contributed by atoms with Crippen molar-refractivity contribution in [1.82, 2.24) is 5.32 Å². The van der Waals surface area contributed by atoms with Gasteiger partial charge in [0.25, 0.3) is 5.91 Å². The van der Waals surface area contributed by atoms with E-state index in [4.69, 9.17) is 11.6 Å². The Bertz CT molecular complexity index is 855. The summed E-state index contributed by atoms with van der Waals surface area (Å²) in [5, 5.41) is 3.69. The molecule has 0 bridgehead atoms. The van der Waals surface area contributed by atoms with E-state index in [1.165, 1.54) is 29.7 Å². The molecule has 2 aliphatic rings. The standard InChI is InChI=1S/C20H20ClNOS2/c1-12-6-7-14-15-11-24-19(9-18(15)25-17(14)8-12)20(23)22-10-13-4-2-3-5-16(13)21/h2-5,9,12H,6-8,10-11H2,1H3,(H,22,23)/t12-/m0/s1. The Kier molecular flexibility index (Phi) is 4.94. The van der Waals surface area contributed by atoms with Gasteiger partial charge in [0, 0.05) is 27.1 Å².